The van der Waals surface area contributed by atoms with Crippen molar-refractivity contribution in [3.63, 3.8) is 0 Å². The van der Waals surface area contributed by atoms with Gasteiger partial charge >= 0.3 is 0 Å². The molecule has 0 radical (unpaired) electrons. The van der Waals surface area contributed by atoms with Crippen molar-refractivity contribution in [3.05, 3.63) is 0 Å². The molecule has 0 heterocycles. The first-order valence-corrected chi connectivity index (χ1v) is 2.64. The van der Waals surface area contributed by atoms with Crippen molar-refractivity contribution in [2.45, 2.75) is 19.3 Å². The predicted octanol–water partition coefficient (Wildman–Crippen LogP) is 0.482. The summed E-state index contributed by atoms with van der Waals surface area (Å²) in [5.74, 6) is 2.48. The molecule has 0 amide bonds. The van der Waals surface area contributed by atoms with Crippen LogP contribution in [0.25, 0.3) is 0 Å². The topological polar surface area (TPSA) is 40.5 Å². The van der Waals surface area contributed by atoms with Crippen LogP contribution in [0, 0.1) is 12.0 Å². The summed E-state index contributed by atoms with van der Waals surface area (Å²) < 4.78 is 0. The van der Waals surface area contributed by atoms with E-state index in [0.29, 0.717) is 6.42 Å². The maximum absolute atomic E-state index is 8.25. The fourth-order valence-electron chi connectivity index (χ4n) is 0.381. The van der Waals surface area contributed by atoms with E-state index in [1.165, 1.54) is 0 Å². The Hall–Kier alpha value is -0.680. The highest BCUT2D eigenvalue weighted by molar-refractivity contribution is 4.88. The van der Waals surface area contributed by atoms with Crippen LogP contribution in [0.2, 0.25) is 0 Å². The summed E-state index contributed by atoms with van der Waals surface area (Å²) in [6, 6.07) is 0. The first-order chi connectivity index (χ1) is 3.91. The third-order valence-corrected chi connectivity index (χ3v) is 0.789. The van der Waals surface area contributed by atoms with Gasteiger partial charge in [0.05, 0.1) is 0 Å². The number of hydrogen-bond acceptors (Lipinski definition) is 2. The lowest BCUT2D eigenvalue weighted by Crippen LogP contribution is -1.80. The normalized spacial score (nSPS) is 7.62. The Kier molecular flexibility index (Phi) is 5.78. The van der Waals surface area contributed by atoms with E-state index in [2.05, 4.69) is 5.92 Å². The molecule has 0 aliphatic carbocycles. The first-order valence-electron chi connectivity index (χ1n) is 2.64. The second-order valence-electron chi connectivity index (χ2n) is 1.47. The van der Waals surface area contributed by atoms with Crippen molar-refractivity contribution in [3.8, 4) is 12.0 Å². The Morgan fingerprint density at radius 2 is 2.00 bits per heavy atom. The zero-order valence-electron chi connectivity index (χ0n) is 4.72. The lowest BCUT2D eigenvalue weighted by atomic mass is 10.2. The maximum atomic E-state index is 8.25. The molecule has 2 nitrogen and oxygen atoms in total. The van der Waals surface area contributed by atoms with Gasteiger partial charge in [-0.15, -0.1) is 0 Å². The van der Waals surface area contributed by atoms with Gasteiger partial charge in [0, 0.05) is 13.0 Å². The number of rotatable bonds is 3. The molecule has 0 aliphatic rings. The molecule has 0 atom stereocenters. The van der Waals surface area contributed by atoms with Crippen LogP contribution >= 0.6 is 0 Å². The summed E-state index contributed by atoms with van der Waals surface area (Å²) in [5, 5.41) is 16.2. The molecule has 0 aliphatic heterocycles. The third-order valence-electron chi connectivity index (χ3n) is 0.789. The highest BCUT2D eigenvalue weighted by Gasteiger charge is 1.79. The average molecular weight is 114 g/mol. The van der Waals surface area contributed by atoms with Gasteiger partial charge in [-0.3, -0.25) is 0 Å². The second-order valence-corrected chi connectivity index (χ2v) is 1.47. The SMILES string of the molecule is OC#CCCCCO. The van der Waals surface area contributed by atoms with E-state index in [0.717, 1.165) is 12.8 Å². The van der Waals surface area contributed by atoms with E-state index in [-0.39, 0.29) is 6.61 Å². The van der Waals surface area contributed by atoms with Crippen LogP contribution < -0.4 is 0 Å². The monoisotopic (exact) mass is 114 g/mol. The molecule has 0 saturated heterocycles. The molecule has 0 rings (SSSR count). The molecule has 8 heavy (non-hydrogen) atoms. The van der Waals surface area contributed by atoms with Crippen molar-refractivity contribution in [2.24, 2.45) is 0 Å². The summed E-state index contributed by atoms with van der Waals surface area (Å²) in [6.07, 6.45) is 4.11. The highest BCUT2D eigenvalue weighted by atomic mass is 16.3. The lowest BCUT2D eigenvalue weighted by molar-refractivity contribution is 0.285. The Morgan fingerprint density at radius 3 is 2.50 bits per heavy atom. The van der Waals surface area contributed by atoms with Gasteiger partial charge in [-0.1, -0.05) is 5.92 Å². The molecule has 0 aromatic rings. The Balaban J connectivity index is 2.79. The molecule has 0 aromatic heterocycles. The van der Waals surface area contributed by atoms with Crippen LogP contribution in [0.4, 0.5) is 0 Å². The Morgan fingerprint density at radius 1 is 1.25 bits per heavy atom. The number of aliphatic hydroxyl groups excluding tert-OH is 2. The second kappa shape index (κ2) is 6.32. The van der Waals surface area contributed by atoms with Crippen LogP contribution in [0.1, 0.15) is 19.3 Å². The average Bonchev–Trinajstić information content (AvgIpc) is 1.81. The molecule has 0 bridgehead atoms. The fourth-order valence-corrected chi connectivity index (χ4v) is 0.381. The van der Waals surface area contributed by atoms with Gasteiger partial charge in [-0.25, -0.2) is 0 Å². The van der Waals surface area contributed by atoms with Crippen LogP contribution in [0.5, 0.6) is 0 Å². The van der Waals surface area contributed by atoms with Gasteiger partial charge in [-0.2, -0.15) is 0 Å². The Labute approximate surface area is 49.2 Å². The van der Waals surface area contributed by atoms with Gasteiger partial charge < -0.3 is 10.2 Å². The van der Waals surface area contributed by atoms with Crippen molar-refractivity contribution in [1.29, 1.82) is 0 Å². The van der Waals surface area contributed by atoms with Gasteiger partial charge in [0.1, 0.15) is 6.11 Å². The predicted molar refractivity (Wildman–Crippen MR) is 30.6 cm³/mol. The van der Waals surface area contributed by atoms with Gasteiger partial charge in [0.2, 0.25) is 0 Å². The van der Waals surface area contributed by atoms with Crippen molar-refractivity contribution in [1.82, 2.24) is 0 Å². The summed E-state index contributed by atoms with van der Waals surface area (Å²) >= 11 is 0. The standard InChI is InChI=1S/C6H10O2/c7-5-3-1-2-4-6-8/h7-8H,1-3,5H2. The molecule has 2 heteroatoms. The number of aliphatic hydroxyl groups is 2. The van der Waals surface area contributed by atoms with E-state index in [1.807, 2.05) is 0 Å². The van der Waals surface area contributed by atoms with E-state index in [1.54, 1.807) is 6.11 Å². The van der Waals surface area contributed by atoms with E-state index in [9.17, 15) is 0 Å². The maximum Gasteiger partial charge on any atom is 0.107 e. The van der Waals surface area contributed by atoms with E-state index < -0.39 is 0 Å². The minimum Gasteiger partial charge on any atom is -0.462 e. The zero-order chi connectivity index (χ0) is 6.24. The molecular formula is C6H10O2. The van der Waals surface area contributed by atoms with E-state index in [4.69, 9.17) is 10.2 Å². The molecule has 0 saturated carbocycles. The molecule has 0 fully saturated rings. The van der Waals surface area contributed by atoms with Crippen LogP contribution in [-0.2, 0) is 0 Å². The summed E-state index contributed by atoms with van der Waals surface area (Å²) in [7, 11) is 0. The molecule has 0 aromatic carbocycles. The van der Waals surface area contributed by atoms with Crippen LogP contribution in [0.3, 0.4) is 0 Å². The third kappa shape index (κ3) is 5.32. The van der Waals surface area contributed by atoms with Crippen molar-refractivity contribution < 1.29 is 10.2 Å². The quantitative estimate of drug-likeness (QED) is 0.414. The number of hydrogen-bond donors (Lipinski definition) is 2. The summed E-state index contributed by atoms with van der Waals surface area (Å²) in [6.45, 7) is 0.215. The molecule has 46 valence electrons. The largest absolute Gasteiger partial charge is 0.462 e. The molecule has 0 unspecified atom stereocenters. The van der Waals surface area contributed by atoms with Gasteiger partial charge in [0.15, 0.2) is 0 Å². The lowest BCUT2D eigenvalue weighted by Gasteiger charge is -1.86. The summed E-state index contributed by atoms with van der Waals surface area (Å²) in [4.78, 5) is 0. The highest BCUT2D eigenvalue weighted by Crippen LogP contribution is 1.90. The Bertz CT molecular complexity index is 88.4. The van der Waals surface area contributed by atoms with Crippen molar-refractivity contribution >= 4 is 0 Å². The van der Waals surface area contributed by atoms with E-state index >= 15 is 0 Å². The molecule has 2 N–H and O–H groups in total. The van der Waals surface area contributed by atoms with Gasteiger partial charge in [0.25, 0.3) is 0 Å². The fraction of sp³-hybridized carbons (Fsp3) is 0.667. The first kappa shape index (κ1) is 7.32. The molecular weight excluding hydrogens is 104 g/mol. The van der Waals surface area contributed by atoms with Crippen LogP contribution in [0.15, 0.2) is 0 Å². The summed E-state index contributed by atoms with van der Waals surface area (Å²) in [5.41, 5.74) is 0. The van der Waals surface area contributed by atoms with Crippen LogP contribution in [-0.4, -0.2) is 16.8 Å². The smallest absolute Gasteiger partial charge is 0.107 e. The number of unbranched alkanes of at least 4 members (excludes halogenated alkanes) is 2. The van der Waals surface area contributed by atoms with Crippen molar-refractivity contribution in [2.75, 3.05) is 6.61 Å². The minimum atomic E-state index is 0.215. The van der Waals surface area contributed by atoms with Gasteiger partial charge in [-0.05, 0) is 12.8 Å². The molecule has 0 spiro atoms. The zero-order valence-corrected chi connectivity index (χ0v) is 4.72. The minimum absolute atomic E-state index is 0.215.